The van der Waals surface area contributed by atoms with E-state index in [0.717, 1.165) is 27.6 Å². The Hall–Kier alpha value is -3.38. The number of pyridine rings is 1. The van der Waals surface area contributed by atoms with Gasteiger partial charge in [0, 0.05) is 28.7 Å². The average Bonchev–Trinajstić information content (AvgIpc) is 3.14. The Labute approximate surface area is 161 Å². The van der Waals surface area contributed by atoms with Crippen LogP contribution in [-0.2, 0) is 0 Å². The summed E-state index contributed by atoms with van der Waals surface area (Å²) >= 11 is 6.06. The van der Waals surface area contributed by atoms with Crippen LogP contribution >= 0.6 is 11.6 Å². The van der Waals surface area contributed by atoms with E-state index in [1.807, 2.05) is 49.4 Å². The number of aromatic amines is 1. The molecule has 4 aromatic rings. The van der Waals surface area contributed by atoms with Crippen LogP contribution in [0, 0.1) is 6.92 Å². The molecular formula is C20H16ClN5O. The number of H-pyrrole nitrogens is 1. The standard InChI is InChI=1S/C20H16ClN5O/c1-13-11-15(5-6-18(13)21)23-20-24-19(25-26-20)14-3-2-4-17(12-14)27-16-7-9-22-10-8-16/h2-12H,1H3,(H2,23,24,25,26). The van der Waals surface area contributed by atoms with Crippen molar-refractivity contribution >= 4 is 23.2 Å². The zero-order valence-electron chi connectivity index (χ0n) is 14.5. The normalized spacial score (nSPS) is 10.6. The lowest BCUT2D eigenvalue weighted by molar-refractivity contribution is 0.482. The Morgan fingerprint density at radius 1 is 0.963 bits per heavy atom. The minimum absolute atomic E-state index is 0.548. The van der Waals surface area contributed by atoms with Gasteiger partial charge in [-0.2, -0.15) is 0 Å². The third-order valence-electron chi connectivity index (χ3n) is 3.90. The molecule has 0 unspecified atom stereocenters. The molecule has 0 aliphatic rings. The van der Waals surface area contributed by atoms with Crippen molar-refractivity contribution in [2.75, 3.05) is 5.32 Å². The van der Waals surface area contributed by atoms with Crippen molar-refractivity contribution in [3.05, 3.63) is 77.6 Å². The van der Waals surface area contributed by atoms with Crippen LogP contribution in [0.25, 0.3) is 11.4 Å². The molecule has 2 aromatic heterocycles. The molecule has 6 nitrogen and oxygen atoms in total. The van der Waals surface area contributed by atoms with E-state index in [2.05, 4.69) is 25.5 Å². The lowest BCUT2D eigenvalue weighted by atomic mass is 10.2. The Morgan fingerprint density at radius 2 is 1.81 bits per heavy atom. The second-order valence-corrected chi connectivity index (χ2v) is 6.33. The van der Waals surface area contributed by atoms with Crippen molar-refractivity contribution in [2.45, 2.75) is 6.92 Å². The summed E-state index contributed by atoms with van der Waals surface area (Å²) in [6, 6.07) is 16.9. The Bertz CT molecular complexity index is 1060. The van der Waals surface area contributed by atoms with Crippen molar-refractivity contribution < 1.29 is 4.74 Å². The Kier molecular flexibility index (Phi) is 4.72. The van der Waals surface area contributed by atoms with E-state index in [4.69, 9.17) is 16.3 Å². The summed E-state index contributed by atoms with van der Waals surface area (Å²) in [7, 11) is 0. The van der Waals surface area contributed by atoms with Gasteiger partial charge in [0.25, 0.3) is 0 Å². The molecule has 2 N–H and O–H groups in total. The van der Waals surface area contributed by atoms with Crippen molar-refractivity contribution in [1.29, 1.82) is 0 Å². The minimum atomic E-state index is 0.548. The van der Waals surface area contributed by atoms with Crippen LogP contribution in [0.15, 0.2) is 67.0 Å². The number of nitrogens with one attached hydrogen (secondary N) is 2. The van der Waals surface area contributed by atoms with Gasteiger partial charge >= 0.3 is 0 Å². The molecule has 0 fully saturated rings. The van der Waals surface area contributed by atoms with Crippen LogP contribution in [0.3, 0.4) is 0 Å². The maximum absolute atomic E-state index is 6.06. The molecule has 2 heterocycles. The monoisotopic (exact) mass is 377 g/mol. The maximum Gasteiger partial charge on any atom is 0.226 e. The number of hydrogen-bond acceptors (Lipinski definition) is 5. The second-order valence-electron chi connectivity index (χ2n) is 5.92. The van der Waals surface area contributed by atoms with E-state index < -0.39 is 0 Å². The van der Waals surface area contributed by atoms with Crippen LogP contribution in [0.4, 0.5) is 11.6 Å². The smallest absolute Gasteiger partial charge is 0.226 e. The first-order chi connectivity index (χ1) is 13.2. The molecule has 0 amide bonds. The first-order valence-electron chi connectivity index (χ1n) is 8.31. The van der Waals surface area contributed by atoms with Gasteiger partial charge in [-0.3, -0.25) is 4.98 Å². The highest BCUT2D eigenvalue weighted by Crippen LogP contribution is 2.26. The van der Waals surface area contributed by atoms with Gasteiger partial charge in [-0.05, 0) is 55.0 Å². The zero-order chi connectivity index (χ0) is 18.6. The summed E-state index contributed by atoms with van der Waals surface area (Å²) in [5, 5.41) is 12.3. The van der Waals surface area contributed by atoms with Crippen molar-refractivity contribution in [2.24, 2.45) is 0 Å². The molecule has 134 valence electrons. The first-order valence-corrected chi connectivity index (χ1v) is 8.69. The van der Waals surface area contributed by atoms with Gasteiger partial charge < -0.3 is 15.0 Å². The van der Waals surface area contributed by atoms with Crippen molar-refractivity contribution in [3.8, 4) is 22.9 Å². The molecule has 27 heavy (non-hydrogen) atoms. The quantitative estimate of drug-likeness (QED) is 0.489. The van der Waals surface area contributed by atoms with E-state index in [9.17, 15) is 0 Å². The van der Waals surface area contributed by atoms with Gasteiger partial charge in [0.05, 0.1) is 0 Å². The lowest BCUT2D eigenvalue weighted by Crippen LogP contribution is -1.93. The molecule has 0 saturated heterocycles. The van der Waals surface area contributed by atoms with Gasteiger partial charge in [-0.15, -0.1) is 10.2 Å². The van der Waals surface area contributed by atoms with E-state index in [1.165, 1.54) is 0 Å². The summed E-state index contributed by atoms with van der Waals surface area (Å²) in [5.74, 6) is 2.62. The number of nitrogens with zero attached hydrogens (tertiary/aromatic N) is 3. The third-order valence-corrected chi connectivity index (χ3v) is 4.32. The highest BCUT2D eigenvalue weighted by atomic mass is 35.5. The fourth-order valence-corrected chi connectivity index (χ4v) is 2.67. The molecule has 2 aromatic carbocycles. The minimum Gasteiger partial charge on any atom is -0.457 e. The van der Waals surface area contributed by atoms with Gasteiger partial charge in [-0.25, -0.2) is 0 Å². The van der Waals surface area contributed by atoms with Crippen molar-refractivity contribution in [3.63, 3.8) is 0 Å². The highest BCUT2D eigenvalue weighted by Gasteiger charge is 2.08. The molecular weight excluding hydrogens is 362 g/mol. The molecule has 4 rings (SSSR count). The molecule has 0 atom stereocenters. The first kappa shape index (κ1) is 17.1. The van der Waals surface area contributed by atoms with Gasteiger partial charge in [-0.1, -0.05) is 23.7 Å². The van der Waals surface area contributed by atoms with Crippen LogP contribution in [0.1, 0.15) is 5.56 Å². The number of benzene rings is 2. The van der Waals surface area contributed by atoms with Crippen LogP contribution in [-0.4, -0.2) is 20.2 Å². The number of aryl methyl sites for hydroxylation is 1. The van der Waals surface area contributed by atoms with E-state index in [-0.39, 0.29) is 0 Å². The predicted octanol–water partition coefficient (Wildman–Crippen LogP) is 5.36. The average molecular weight is 378 g/mol. The fraction of sp³-hybridized carbons (Fsp3) is 0.0500. The largest absolute Gasteiger partial charge is 0.457 e. The van der Waals surface area contributed by atoms with Crippen LogP contribution in [0.5, 0.6) is 11.5 Å². The molecule has 7 heteroatoms. The predicted molar refractivity (Wildman–Crippen MR) is 106 cm³/mol. The summed E-state index contributed by atoms with van der Waals surface area (Å²) < 4.78 is 5.84. The molecule has 0 radical (unpaired) electrons. The van der Waals surface area contributed by atoms with E-state index in [0.29, 0.717) is 17.5 Å². The number of ether oxygens (including phenoxy) is 1. The summed E-state index contributed by atoms with van der Waals surface area (Å²) in [6.45, 7) is 1.95. The highest BCUT2D eigenvalue weighted by molar-refractivity contribution is 6.31. The SMILES string of the molecule is Cc1cc(Nc2nnc(-c3cccc(Oc4ccncc4)c3)[nH]2)ccc1Cl. The molecule has 0 spiro atoms. The Morgan fingerprint density at radius 3 is 2.63 bits per heavy atom. The molecule has 0 aliphatic carbocycles. The fourth-order valence-electron chi connectivity index (χ4n) is 2.56. The van der Waals surface area contributed by atoms with Gasteiger partial charge in [0.2, 0.25) is 5.95 Å². The number of aromatic nitrogens is 4. The zero-order valence-corrected chi connectivity index (χ0v) is 15.2. The maximum atomic E-state index is 6.06. The van der Waals surface area contributed by atoms with Crippen LogP contribution in [0.2, 0.25) is 5.02 Å². The summed E-state index contributed by atoms with van der Waals surface area (Å²) in [5.41, 5.74) is 2.74. The molecule has 0 bridgehead atoms. The van der Waals surface area contributed by atoms with Gasteiger partial charge in [0.1, 0.15) is 11.5 Å². The van der Waals surface area contributed by atoms with E-state index >= 15 is 0 Å². The number of halogens is 1. The number of hydrogen-bond donors (Lipinski definition) is 2. The van der Waals surface area contributed by atoms with Crippen LogP contribution < -0.4 is 10.1 Å². The molecule has 0 aliphatic heterocycles. The van der Waals surface area contributed by atoms with Gasteiger partial charge in [0.15, 0.2) is 5.82 Å². The summed E-state index contributed by atoms with van der Waals surface area (Å²) in [4.78, 5) is 7.15. The lowest BCUT2D eigenvalue weighted by Gasteiger charge is -2.06. The molecule has 0 saturated carbocycles. The number of anilines is 2. The topological polar surface area (TPSA) is 75.7 Å². The van der Waals surface area contributed by atoms with E-state index in [1.54, 1.807) is 24.5 Å². The summed E-state index contributed by atoms with van der Waals surface area (Å²) in [6.07, 6.45) is 3.37. The Balaban J connectivity index is 1.52. The third kappa shape index (κ3) is 4.07. The second kappa shape index (κ2) is 7.47. The van der Waals surface area contributed by atoms with Crippen molar-refractivity contribution in [1.82, 2.24) is 20.2 Å². The number of rotatable bonds is 5.